The second kappa shape index (κ2) is 9.44. The van der Waals surface area contributed by atoms with Gasteiger partial charge in [-0.1, -0.05) is 6.07 Å². The number of ether oxygens (including phenoxy) is 2. The molecule has 1 aliphatic rings. The van der Waals surface area contributed by atoms with Crippen LogP contribution in [0.4, 0.5) is 19.0 Å². The molecule has 0 spiro atoms. The normalized spacial score (nSPS) is 16.6. The molecule has 4 rings (SSSR count). The van der Waals surface area contributed by atoms with Gasteiger partial charge in [-0.05, 0) is 36.2 Å². The van der Waals surface area contributed by atoms with Crippen LogP contribution in [-0.2, 0) is 23.3 Å². The number of carbonyl (C=O) groups excluding carboxylic acids is 2. The molecular formula is C23H20F3N5O6. The third kappa shape index (κ3) is 4.30. The molecule has 1 atom stereocenters. The summed E-state index contributed by atoms with van der Waals surface area (Å²) >= 11 is 0. The molecule has 0 saturated heterocycles. The number of nitrogens with zero attached hydrogens (tertiary/aromatic N) is 2. The second-order valence-electron chi connectivity index (χ2n) is 7.97. The van der Waals surface area contributed by atoms with Gasteiger partial charge in [0.15, 0.2) is 11.5 Å². The van der Waals surface area contributed by atoms with Crippen molar-refractivity contribution >= 4 is 17.6 Å². The summed E-state index contributed by atoms with van der Waals surface area (Å²) in [7, 11) is 2.87. The van der Waals surface area contributed by atoms with E-state index in [1.807, 2.05) is 10.3 Å². The number of aromatic nitrogens is 3. The smallest absolute Gasteiger partial charge is 0.425 e. The number of H-pyrrole nitrogens is 1. The lowest BCUT2D eigenvalue weighted by molar-refractivity contribution is -0.196. The molecule has 3 N–H and O–H groups in total. The first kappa shape index (κ1) is 25.5. The van der Waals surface area contributed by atoms with Crippen LogP contribution in [0.1, 0.15) is 21.5 Å². The van der Waals surface area contributed by atoms with E-state index in [0.29, 0.717) is 17.1 Å². The van der Waals surface area contributed by atoms with Crippen LogP contribution in [0.15, 0.2) is 52.3 Å². The van der Waals surface area contributed by atoms with Crippen molar-refractivity contribution in [3.05, 3.63) is 80.3 Å². The summed E-state index contributed by atoms with van der Waals surface area (Å²) in [5.41, 5.74) is -7.05. The molecule has 37 heavy (non-hydrogen) atoms. The predicted octanol–water partition coefficient (Wildman–Crippen LogP) is 1.33. The number of aromatic amines is 1. The van der Waals surface area contributed by atoms with Crippen LogP contribution in [0.5, 0.6) is 11.5 Å². The average Bonchev–Trinajstić information content (AvgIpc) is 3.17. The van der Waals surface area contributed by atoms with Crippen molar-refractivity contribution < 1.29 is 32.2 Å². The zero-order valence-corrected chi connectivity index (χ0v) is 19.4. The van der Waals surface area contributed by atoms with Crippen LogP contribution in [-0.4, -0.2) is 46.7 Å². The fourth-order valence-corrected chi connectivity index (χ4v) is 4.05. The maximum atomic E-state index is 14.5. The number of hydrogen-bond donors (Lipinski definition) is 3. The van der Waals surface area contributed by atoms with E-state index in [4.69, 9.17) is 9.47 Å². The van der Waals surface area contributed by atoms with Gasteiger partial charge < -0.3 is 20.1 Å². The SMILES string of the molecule is COc1ccc(CCn2c3c(c(=O)[nH]c2=O)[C@](NC(=O)c2cccnc2)(C(F)(F)F)C(=O)N3)cc1OC. The number of aryl methyl sites for hydroxylation is 1. The highest BCUT2D eigenvalue weighted by Crippen LogP contribution is 2.45. The molecule has 1 aliphatic heterocycles. The van der Waals surface area contributed by atoms with Crippen LogP contribution in [0, 0.1) is 0 Å². The summed E-state index contributed by atoms with van der Waals surface area (Å²) in [6.07, 6.45) is -3.04. The number of nitrogens with one attached hydrogen (secondary N) is 3. The van der Waals surface area contributed by atoms with Crippen molar-refractivity contribution in [2.45, 2.75) is 24.7 Å². The second-order valence-corrected chi connectivity index (χ2v) is 7.97. The minimum Gasteiger partial charge on any atom is -0.493 e. The minimum atomic E-state index is -5.45. The quantitative estimate of drug-likeness (QED) is 0.427. The van der Waals surface area contributed by atoms with Gasteiger partial charge in [0.2, 0.25) is 0 Å². The Balaban J connectivity index is 1.78. The summed E-state index contributed by atoms with van der Waals surface area (Å²) < 4.78 is 54.6. The van der Waals surface area contributed by atoms with Gasteiger partial charge in [-0.3, -0.25) is 28.9 Å². The van der Waals surface area contributed by atoms with E-state index in [-0.39, 0.29) is 18.5 Å². The Kier molecular flexibility index (Phi) is 6.50. The topological polar surface area (TPSA) is 144 Å². The summed E-state index contributed by atoms with van der Waals surface area (Å²) in [6.45, 7) is -0.224. The molecule has 1 aromatic carbocycles. The van der Waals surface area contributed by atoms with E-state index in [1.54, 1.807) is 23.5 Å². The number of anilines is 1. The van der Waals surface area contributed by atoms with Gasteiger partial charge in [0, 0.05) is 18.9 Å². The third-order valence-electron chi connectivity index (χ3n) is 5.87. The van der Waals surface area contributed by atoms with E-state index in [9.17, 15) is 32.3 Å². The molecule has 0 saturated carbocycles. The van der Waals surface area contributed by atoms with Gasteiger partial charge in [-0.15, -0.1) is 0 Å². The fraction of sp³-hybridized carbons (Fsp3) is 0.261. The standard InChI is InChI=1S/C23H20F3N5O6/c1-36-14-6-5-12(10-15(14)37-2)7-9-31-17-16(19(33)29-21(31)35)22(20(34)28-17,23(24,25)26)30-18(32)13-4-3-8-27-11-13/h3-6,8,10-11H,7,9H2,1-2H3,(H,28,34)(H,30,32)(H,29,33,35)/t22-/m1/s1. The van der Waals surface area contributed by atoms with Gasteiger partial charge in [-0.25, -0.2) is 4.79 Å². The van der Waals surface area contributed by atoms with Gasteiger partial charge >= 0.3 is 11.9 Å². The number of fused-ring (bicyclic) bond motifs is 1. The Morgan fingerprint density at radius 2 is 1.86 bits per heavy atom. The molecule has 3 aromatic rings. The lowest BCUT2D eigenvalue weighted by Crippen LogP contribution is -2.62. The molecule has 194 valence electrons. The number of amides is 2. The van der Waals surface area contributed by atoms with Gasteiger partial charge in [-0.2, -0.15) is 13.2 Å². The molecule has 11 nitrogen and oxygen atoms in total. The van der Waals surface area contributed by atoms with Crippen molar-refractivity contribution in [1.82, 2.24) is 19.9 Å². The Morgan fingerprint density at radius 1 is 1.14 bits per heavy atom. The van der Waals surface area contributed by atoms with E-state index >= 15 is 0 Å². The van der Waals surface area contributed by atoms with Crippen LogP contribution in [0.25, 0.3) is 0 Å². The monoisotopic (exact) mass is 519 g/mol. The maximum absolute atomic E-state index is 14.5. The Morgan fingerprint density at radius 3 is 2.49 bits per heavy atom. The maximum Gasteiger partial charge on any atom is 0.425 e. The number of pyridine rings is 1. The van der Waals surface area contributed by atoms with Crippen molar-refractivity contribution in [2.24, 2.45) is 0 Å². The molecule has 0 aliphatic carbocycles. The van der Waals surface area contributed by atoms with Crippen molar-refractivity contribution in [3.8, 4) is 11.5 Å². The number of rotatable bonds is 7. The summed E-state index contributed by atoms with van der Waals surface area (Å²) in [5, 5.41) is 3.65. The highest BCUT2D eigenvalue weighted by atomic mass is 19.4. The van der Waals surface area contributed by atoms with Gasteiger partial charge in [0.25, 0.3) is 22.9 Å². The molecule has 2 aromatic heterocycles. The highest BCUT2D eigenvalue weighted by molar-refractivity contribution is 6.09. The number of halogens is 3. The largest absolute Gasteiger partial charge is 0.493 e. The van der Waals surface area contributed by atoms with Crippen molar-refractivity contribution in [2.75, 3.05) is 19.5 Å². The van der Waals surface area contributed by atoms with Crippen LogP contribution >= 0.6 is 0 Å². The Hall–Kier alpha value is -4.62. The van der Waals surface area contributed by atoms with E-state index in [1.165, 1.54) is 32.5 Å². The van der Waals surface area contributed by atoms with Gasteiger partial charge in [0.05, 0.1) is 19.8 Å². The van der Waals surface area contributed by atoms with Crippen molar-refractivity contribution in [1.29, 1.82) is 0 Å². The summed E-state index contributed by atoms with van der Waals surface area (Å²) in [5.74, 6) is -2.86. The average molecular weight is 519 g/mol. The molecule has 0 radical (unpaired) electrons. The highest BCUT2D eigenvalue weighted by Gasteiger charge is 2.68. The van der Waals surface area contributed by atoms with E-state index < -0.39 is 46.2 Å². The number of alkyl halides is 3. The number of carbonyl (C=O) groups is 2. The number of hydrogen-bond acceptors (Lipinski definition) is 7. The molecule has 0 bridgehead atoms. The van der Waals surface area contributed by atoms with Crippen molar-refractivity contribution in [3.63, 3.8) is 0 Å². The summed E-state index contributed by atoms with van der Waals surface area (Å²) in [6, 6.07) is 7.39. The first-order valence-corrected chi connectivity index (χ1v) is 10.7. The van der Waals surface area contributed by atoms with E-state index in [2.05, 4.69) is 4.98 Å². The molecule has 0 fully saturated rings. The Labute approximate surface area is 206 Å². The number of methoxy groups -OCH3 is 2. The fourth-order valence-electron chi connectivity index (χ4n) is 4.05. The van der Waals surface area contributed by atoms with Gasteiger partial charge in [0.1, 0.15) is 11.4 Å². The minimum absolute atomic E-state index is 0.107. The molecule has 3 heterocycles. The zero-order valence-electron chi connectivity index (χ0n) is 19.4. The third-order valence-corrected chi connectivity index (χ3v) is 5.87. The van der Waals surface area contributed by atoms with Crippen LogP contribution < -0.4 is 31.4 Å². The Bertz CT molecular complexity index is 1480. The zero-order chi connectivity index (χ0) is 27.0. The molecule has 14 heteroatoms. The van der Waals surface area contributed by atoms with E-state index in [0.717, 1.165) is 10.8 Å². The summed E-state index contributed by atoms with van der Waals surface area (Å²) in [4.78, 5) is 56.3. The predicted molar refractivity (Wildman–Crippen MR) is 123 cm³/mol. The molecular weight excluding hydrogens is 499 g/mol. The van der Waals surface area contributed by atoms with Crippen LogP contribution in [0.2, 0.25) is 0 Å². The molecule has 0 unspecified atom stereocenters. The molecule has 2 amide bonds. The lowest BCUT2D eigenvalue weighted by atomic mass is 9.91. The lowest BCUT2D eigenvalue weighted by Gasteiger charge is -2.30. The first-order chi connectivity index (χ1) is 17.5. The van der Waals surface area contributed by atoms with Crippen LogP contribution in [0.3, 0.4) is 0 Å². The number of benzene rings is 1. The first-order valence-electron chi connectivity index (χ1n) is 10.7.